The molecule has 2 aromatic rings. The number of sulfonamides is 1. The maximum atomic E-state index is 13.6. The zero-order valence-electron chi connectivity index (χ0n) is 19.4. The third kappa shape index (κ3) is 3.86. The van der Waals surface area contributed by atoms with E-state index in [9.17, 15) is 18.0 Å². The largest absolute Gasteiger partial charge is 0.495 e. The van der Waals surface area contributed by atoms with Crippen molar-refractivity contribution in [1.82, 2.24) is 4.31 Å². The van der Waals surface area contributed by atoms with Crippen LogP contribution in [0.25, 0.3) is 0 Å². The molecule has 1 spiro atoms. The fraction of sp³-hybridized carbons (Fsp3) is 0.440. The molecule has 0 aromatic heterocycles. The van der Waals surface area contributed by atoms with Gasteiger partial charge in [0.05, 0.1) is 19.1 Å². The van der Waals surface area contributed by atoms with Crippen LogP contribution in [0.1, 0.15) is 48.0 Å². The fourth-order valence-corrected chi connectivity index (χ4v) is 6.73. The quantitative estimate of drug-likeness (QED) is 0.661. The summed E-state index contributed by atoms with van der Waals surface area (Å²) in [5, 5.41) is 0. The van der Waals surface area contributed by atoms with Gasteiger partial charge in [-0.1, -0.05) is 11.6 Å². The van der Waals surface area contributed by atoms with Crippen LogP contribution >= 0.6 is 0 Å². The Morgan fingerprint density at radius 3 is 2.47 bits per heavy atom. The second kappa shape index (κ2) is 8.39. The van der Waals surface area contributed by atoms with E-state index in [1.807, 2.05) is 25.1 Å². The number of rotatable bonds is 4. The fourth-order valence-electron chi connectivity index (χ4n) is 5.12. The minimum absolute atomic E-state index is 0.0111. The monoisotopic (exact) mass is 484 g/mol. The Bertz CT molecular complexity index is 1260. The van der Waals surface area contributed by atoms with Crippen LogP contribution in [0.3, 0.4) is 0 Å². The zero-order chi connectivity index (χ0) is 24.1. The van der Waals surface area contributed by atoms with Gasteiger partial charge < -0.3 is 14.4 Å². The van der Waals surface area contributed by atoms with Crippen molar-refractivity contribution in [3.8, 4) is 11.5 Å². The number of carbonyl (C=O) groups excluding carboxylic acids is 2. The molecule has 0 saturated carbocycles. The highest BCUT2D eigenvalue weighted by molar-refractivity contribution is 7.89. The number of methoxy groups -OCH3 is 1. The average molecular weight is 485 g/mol. The molecule has 0 bridgehead atoms. The number of carbonyl (C=O) groups is 2. The minimum atomic E-state index is -3.88. The van der Waals surface area contributed by atoms with Crippen molar-refractivity contribution in [1.29, 1.82) is 0 Å². The normalized spacial score (nSPS) is 20.4. The number of Topliss-reactive ketones (excluding diaryl/α,β-unsaturated/α-hetero) is 1. The summed E-state index contributed by atoms with van der Waals surface area (Å²) in [6.45, 7) is 2.97. The molecule has 5 rings (SSSR count). The van der Waals surface area contributed by atoms with Crippen LogP contribution < -0.4 is 14.4 Å². The predicted molar refractivity (Wildman–Crippen MR) is 126 cm³/mol. The molecule has 3 heterocycles. The van der Waals surface area contributed by atoms with Gasteiger partial charge in [0.1, 0.15) is 22.0 Å². The van der Waals surface area contributed by atoms with E-state index in [2.05, 4.69) is 0 Å². The lowest BCUT2D eigenvalue weighted by atomic mass is 9.83. The van der Waals surface area contributed by atoms with E-state index in [0.717, 1.165) is 12.0 Å². The zero-order valence-corrected chi connectivity index (χ0v) is 20.2. The minimum Gasteiger partial charge on any atom is -0.495 e. The lowest BCUT2D eigenvalue weighted by Crippen LogP contribution is -2.52. The van der Waals surface area contributed by atoms with Crippen LogP contribution in [0.15, 0.2) is 41.3 Å². The Hall–Kier alpha value is -2.91. The van der Waals surface area contributed by atoms with Crippen molar-refractivity contribution in [2.24, 2.45) is 0 Å². The van der Waals surface area contributed by atoms with Crippen molar-refractivity contribution in [2.45, 2.75) is 49.5 Å². The molecule has 0 atom stereocenters. The molecule has 0 N–H and O–H groups in total. The molecule has 0 unspecified atom stereocenters. The summed E-state index contributed by atoms with van der Waals surface area (Å²) in [5.41, 5.74) is 1.46. The van der Waals surface area contributed by atoms with Gasteiger partial charge in [-0.2, -0.15) is 4.31 Å². The Morgan fingerprint density at radius 2 is 1.79 bits per heavy atom. The highest BCUT2D eigenvalue weighted by Crippen LogP contribution is 2.41. The van der Waals surface area contributed by atoms with E-state index >= 15 is 0 Å². The first-order valence-corrected chi connectivity index (χ1v) is 13.0. The number of hydrogen-bond acceptors (Lipinski definition) is 6. The number of piperidine rings is 1. The summed E-state index contributed by atoms with van der Waals surface area (Å²) >= 11 is 0. The second-order valence-electron chi connectivity index (χ2n) is 9.27. The summed E-state index contributed by atoms with van der Waals surface area (Å²) in [6, 6.07) is 10.4. The van der Waals surface area contributed by atoms with E-state index < -0.39 is 15.6 Å². The summed E-state index contributed by atoms with van der Waals surface area (Å²) in [5.74, 6) is 0.834. The standard InChI is InChI=1S/C25H28N2O6S/c1-17-5-7-21-19(14-17)20(28)16-25(33-21)9-12-26(13-10-25)34(30,31)23-15-18(6-8-22(23)32-2)27-11-3-4-24(27)29/h5-8,14-15H,3-4,9-13,16H2,1-2H3. The SMILES string of the molecule is COc1ccc(N2CCCC2=O)cc1S(=O)(=O)N1CCC2(CC1)CC(=O)c1cc(C)ccc1O2. The number of ketones is 1. The smallest absolute Gasteiger partial charge is 0.246 e. The Balaban J connectivity index is 1.38. The molecule has 3 aliphatic heterocycles. The molecule has 0 aliphatic carbocycles. The van der Waals surface area contributed by atoms with Gasteiger partial charge in [-0.15, -0.1) is 0 Å². The van der Waals surface area contributed by atoms with Crippen LogP contribution in [-0.4, -0.2) is 56.8 Å². The Morgan fingerprint density at radius 1 is 1.03 bits per heavy atom. The van der Waals surface area contributed by atoms with E-state index in [1.165, 1.54) is 17.5 Å². The molecule has 34 heavy (non-hydrogen) atoms. The van der Waals surface area contributed by atoms with Crippen LogP contribution in [0.4, 0.5) is 5.69 Å². The molecule has 2 saturated heterocycles. The maximum Gasteiger partial charge on any atom is 0.246 e. The first kappa shape index (κ1) is 22.9. The molecule has 2 fully saturated rings. The lowest BCUT2D eigenvalue weighted by Gasteiger charge is -2.43. The highest BCUT2D eigenvalue weighted by atomic mass is 32.2. The number of anilines is 1. The van der Waals surface area contributed by atoms with Gasteiger partial charge in [0, 0.05) is 44.6 Å². The highest BCUT2D eigenvalue weighted by Gasteiger charge is 2.45. The van der Waals surface area contributed by atoms with Gasteiger partial charge in [0.2, 0.25) is 15.9 Å². The number of fused-ring (bicyclic) bond motifs is 1. The number of ether oxygens (including phenoxy) is 2. The van der Waals surface area contributed by atoms with E-state index in [-0.39, 0.29) is 41.8 Å². The van der Waals surface area contributed by atoms with Crippen LogP contribution in [0.2, 0.25) is 0 Å². The first-order valence-electron chi connectivity index (χ1n) is 11.5. The molecule has 0 radical (unpaired) electrons. The Labute approximate surface area is 199 Å². The third-order valence-corrected chi connectivity index (χ3v) is 8.95. The number of aryl methyl sites for hydroxylation is 1. The van der Waals surface area contributed by atoms with Crippen LogP contribution in [0.5, 0.6) is 11.5 Å². The number of amides is 1. The predicted octanol–water partition coefficient (Wildman–Crippen LogP) is 3.32. The van der Waals surface area contributed by atoms with E-state index in [0.29, 0.717) is 42.8 Å². The number of benzene rings is 2. The third-order valence-electron chi connectivity index (χ3n) is 7.03. The second-order valence-corrected chi connectivity index (χ2v) is 11.2. The van der Waals surface area contributed by atoms with Gasteiger partial charge in [-0.05, 0) is 43.7 Å². The molecular formula is C25H28N2O6S. The summed E-state index contributed by atoms with van der Waals surface area (Å²) in [4.78, 5) is 26.7. The Kier molecular flexibility index (Phi) is 5.64. The summed E-state index contributed by atoms with van der Waals surface area (Å²) in [7, 11) is -2.45. The van der Waals surface area contributed by atoms with Crippen molar-refractivity contribution < 1.29 is 27.5 Å². The molecule has 180 valence electrons. The molecule has 8 nitrogen and oxygen atoms in total. The molecule has 9 heteroatoms. The van der Waals surface area contributed by atoms with Crippen molar-refractivity contribution >= 4 is 27.4 Å². The van der Waals surface area contributed by atoms with Gasteiger partial charge in [0.25, 0.3) is 0 Å². The van der Waals surface area contributed by atoms with E-state index in [4.69, 9.17) is 9.47 Å². The lowest BCUT2D eigenvalue weighted by molar-refractivity contribution is -0.117. The average Bonchev–Trinajstić information content (AvgIpc) is 3.25. The summed E-state index contributed by atoms with van der Waals surface area (Å²) in [6.07, 6.45) is 2.29. The van der Waals surface area contributed by atoms with Gasteiger partial charge in [-0.3, -0.25) is 9.59 Å². The van der Waals surface area contributed by atoms with Crippen molar-refractivity contribution in [3.63, 3.8) is 0 Å². The first-order chi connectivity index (χ1) is 16.2. The van der Waals surface area contributed by atoms with Crippen molar-refractivity contribution in [2.75, 3.05) is 31.6 Å². The topological polar surface area (TPSA) is 93.2 Å². The maximum absolute atomic E-state index is 13.6. The van der Waals surface area contributed by atoms with Crippen LogP contribution in [-0.2, 0) is 14.8 Å². The van der Waals surface area contributed by atoms with Gasteiger partial charge >= 0.3 is 0 Å². The van der Waals surface area contributed by atoms with E-state index in [1.54, 1.807) is 17.0 Å². The van der Waals surface area contributed by atoms with Gasteiger partial charge in [-0.25, -0.2) is 8.42 Å². The van der Waals surface area contributed by atoms with Crippen molar-refractivity contribution in [3.05, 3.63) is 47.5 Å². The molecular weight excluding hydrogens is 456 g/mol. The molecule has 3 aliphatic rings. The number of hydrogen-bond donors (Lipinski definition) is 0. The van der Waals surface area contributed by atoms with Gasteiger partial charge in [0.15, 0.2) is 5.78 Å². The molecule has 1 amide bonds. The van der Waals surface area contributed by atoms with Crippen LogP contribution in [0, 0.1) is 6.92 Å². The molecule has 2 aromatic carbocycles. The number of nitrogens with zero attached hydrogens (tertiary/aromatic N) is 2. The summed E-state index contributed by atoms with van der Waals surface area (Å²) < 4.78 is 40.3.